The molecule has 1 heterocycles. The third-order valence-corrected chi connectivity index (χ3v) is 3.53. The van der Waals surface area contributed by atoms with Gasteiger partial charge in [-0.15, -0.1) is 0 Å². The van der Waals surface area contributed by atoms with Gasteiger partial charge in [0, 0.05) is 13.1 Å². The predicted molar refractivity (Wildman–Crippen MR) is 70.0 cm³/mol. The van der Waals surface area contributed by atoms with E-state index in [4.69, 9.17) is 5.73 Å². The number of nitrogens with two attached hydrogens (primary N) is 1. The van der Waals surface area contributed by atoms with Crippen LogP contribution in [0.4, 0.5) is 11.6 Å². The topological polar surface area (TPSA) is 55.0 Å². The standard InChI is InChI=1S/C13H16N4/c1-17(9-5-4-6-9)13-12(14)15-10-7-2-3-8-11(10)16-13/h2-3,7-9H,4-6H2,1H3,(H2,14,15). The van der Waals surface area contributed by atoms with Gasteiger partial charge >= 0.3 is 0 Å². The fourth-order valence-corrected chi connectivity index (χ4v) is 2.21. The van der Waals surface area contributed by atoms with Crippen LogP contribution in [0.1, 0.15) is 19.3 Å². The van der Waals surface area contributed by atoms with Crippen LogP contribution in [-0.2, 0) is 0 Å². The van der Waals surface area contributed by atoms with Crippen LogP contribution >= 0.6 is 0 Å². The maximum Gasteiger partial charge on any atom is 0.172 e. The molecule has 1 aromatic carbocycles. The molecule has 88 valence electrons. The minimum Gasteiger partial charge on any atom is -0.381 e. The lowest BCUT2D eigenvalue weighted by Crippen LogP contribution is -2.38. The van der Waals surface area contributed by atoms with Crippen LogP contribution in [0.3, 0.4) is 0 Å². The molecule has 3 rings (SSSR count). The Hall–Kier alpha value is -1.84. The highest BCUT2D eigenvalue weighted by atomic mass is 15.2. The molecule has 0 atom stereocenters. The summed E-state index contributed by atoms with van der Waals surface area (Å²) in [6.07, 6.45) is 3.75. The van der Waals surface area contributed by atoms with E-state index in [0.717, 1.165) is 16.9 Å². The van der Waals surface area contributed by atoms with E-state index >= 15 is 0 Å². The summed E-state index contributed by atoms with van der Waals surface area (Å²) in [7, 11) is 2.05. The van der Waals surface area contributed by atoms with Crippen LogP contribution in [0.15, 0.2) is 24.3 Å². The average Bonchev–Trinajstić information content (AvgIpc) is 2.25. The minimum atomic E-state index is 0.526. The van der Waals surface area contributed by atoms with Gasteiger partial charge in [-0.25, -0.2) is 9.97 Å². The van der Waals surface area contributed by atoms with Crippen LogP contribution in [0.5, 0.6) is 0 Å². The Labute approximate surface area is 100 Å². The molecule has 0 radical (unpaired) electrons. The Morgan fingerprint density at radius 1 is 1.18 bits per heavy atom. The van der Waals surface area contributed by atoms with Crippen molar-refractivity contribution in [2.45, 2.75) is 25.3 Å². The third kappa shape index (κ3) is 1.69. The number of nitrogens with zero attached hydrogens (tertiary/aromatic N) is 3. The van der Waals surface area contributed by atoms with Crippen molar-refractivity contribution in [3.63, 3.8) is 0 Å². The Kier molecular flexibility index (Phi) is 2.35. The van der Waals surface area contributed by atoms with E-state index in [1.54, 1.807) is 0 Å². The number of nitrogen functional groups attached to an aromatic ring is 1. The first-order valence-electron chi connectivity index (χ1n) is 6.01. The fourth-order valence-electron chi connectivity index (χ4n) is 2.21. The van der Waals surface area contributed by atoms with E-state index in [9.17, 15) is 0 Å². The van der Waals surface area contributed by atoms with Gasteiger partial charge in [0.2, 0.25) is 0 Å². The molecular formula is C13H16N4. The largest absolute Gasteiger partial charge is 0.381 e. The first kappa shape index (κ1) is 10.3. The molecule has 2 aromatic rings. The Bertz CT molecular complexity index is 548. The lowest BCUT2D eigenvalue weighted by molar-refractivity contribution is 0.399. The van der Waals surface area contributed by atoms with E-state index in [0.29, 0.717) is 11.9 Å². The van der Waals surface area contributed by atoms with Gasteiger partial charge in [-0.3, -0.25) is 0 Å². The van der Waals surface area contributed by atoms with Gasteiger partial charge in [-0.05, 0) is 31.4 Å². The van der Waals surface area contributed by atoms with Crippen LogP contribution in [0, 0.1) is 0 Å². The Balaban J connectivity index is 2.06. The number of hydrogen-bond donors (Lipinski definition) is 1. The van der Waals surface area contributed by atoms with Gasteiger partial charge in [0.05, 0.1) is 11.0 Å². The molecule has 1 fully saturated rings. The molecule has 4 nitrogen and oxygen atoms in total. The number of rotatable bonds is 2. The number of benzene rings is 1. The van der Waals surface area contributed by atoms with Crippen LogP contribution in [0.25, 0.3) is 11.0 Å². The zero-order valence-corrected chi connectivity index (χ0v) is 9.93. The summed E-state index contributed by atoms with van der Waals surface area (Å²) in [6, 6.07) is 8.41. The molecule has 0 saturated heterocycles. The first-order valence-corrected chi connectivity index (χ1v) is 6.01. The molecule has 1 saturated carbocycles. The van der Waals surface area contributed by atoms with E-state index in [1.165, 1.54) is 19.3 Å². The van der Waals surface area contributed by atoms with Crippen LogP contribution in [0.2, 0.25) is 0 Å². The smallest absolute Gasteiger partial charge is 0.172 e. The van der Waals surface area contributed by atoms with Crippen molar-refractivity contribution in [3.8, 4) is 0 Å². The number of hydrogen-bond acceptors (Lipinski definition) is 4. The minimum absolute atomic E-state index is 0.526. The third-order valence-electron chi connectivity index (χ3n) is 3.53. The zero-order valence-electron chi connectivity index (χ0n) is 9.93. The second-order valence-electron chi connectivity index (χ2n) is 4.62. The van der Waals surface area contributed by atoms with E-state index in [1.807, 2.05) is 24.3 Å². The van der Waals surface area contributed by atoms with Gasteiger partial charge in [0.15, 0.2) is 11.6 Å². The van der Waals surface area contributed by atoms with E-state index < -0.39 is 0 Å². The molecule has 0 bridgehead atoms. The van der Waals surface area contributed by atoms with Gasteiger partial charge < -0.3 is 10.6 Å². The summed E-state index contributed by atoms with van der Waals surface area (Å²) in [4.78, 5) is 11.2. The number of fused-ring (bicyclic) bond motifs is 1. The summed E-state index contributed by atoms with van der Waals surface area (Å²) in [6.45, 7) is 0. The molecule has 0 unspecified atom stereocenters. The predicted octanol–water partition coefficient (Wildman–Crippen LogP) is 2.20. The van der Waals surface area contributed by atoms with Crippen molar-refractivity contribution in [2.24, 2.45) is 0 Å². The molecule has 17 heavy (non-hydrogen) atoms. The fraction of sp³-hybridized carbons (Fsp3) is 0.385. The number of para-hydroxylation sites is 2. The van der Waals surface area contributed by atoms with Crippen molar-refractivity contribution < 1.29 is 0 Å². The molecule has 1 aliphatic rings. The van der Waals surface area contributed by atoms with E-state index in [2.05, 4.69) is 21.9 Å². The first-order chi connectivity index (χ1) is 8.25. The van der Waals surface area contributed by atoms with Gasteiger partial charge in [0.25, 0.3) is 0 Å². The van der Waals surface area contributed by atoms with Crippen LogP contribution < -0.4 is 10.6 Å². The molecule has 0 aliphatic heterocycles. The van der Waals surface area contributed by atoms with Crippen molar-refractivity contribution in [1.82, 2.24) is 9.97 Å². The highest BCUT2D eigenvalue weighted by Crippen LogP contribution is 2.30. The van der Waals surface area contributed by atoms with Crippen molar-refractivity contribution >= 4 is 22.7 Å². The van der Waals surface area contributed by atoms with E-state index in [-0.39, 0.29) is 0 Å². The molecule has 1 aliphatic carbocycles. The zero-order chi connectivity index (χ0) is 11.8. The highest BCUT2D eigenvalue weighted by molar-refractivity contribution is 5.79. The quantitative estimate of drug-likeness (QED) is 0.856. The molecule has 1 aromatic heterocycles. The summed E-state index contributed by atoms with van der Waals surface area (Å²) in [5.74, 6) is 1.34. The molecule has 4 heteroatoms. The Morgan fingerprint density at radius 2 is 1.82 bits per heavy atom. The number of anilines is 2. The summed E-state index contributed by atoms with van der Waals surface area (Å²) in [5, 5.41) is 0. The van der Waals surface area contributed by atoms with Gasteiger partial charge in [-0.1, -0.05) is 12.1 Å². The summed E-state index contributed by atoms with van der Waals surface area (Å²) >= 11 is 0. The second kappa shape index (κ2) is 3.87. The molecule has 0 amide bonds. The number of aromatic nitrogens is 2. The summed E-state index contributed by atoms with van der Waals surface area (Å²) < 4.78 is 0. The normalized spacial score (nSPS) is 15.8. The molecule has 2 N–H and O–H groups in total. The van der Waals surface area contributed by atoms with Crippen molar-refractivity contribution in [2.75, 3.05) is 17.7 Å². The summed E-state index contributed by atoms with van der Waals surface area (Å²) in [5.41, 5.74) is 7.75. The van der Waals surface area contributed by atoms with Crippen molar-refractivity contribution in [3.05, 3.63) is 24.3 Å². The average molecular weight is 228 g/mol. The lowest BCUT2D eigenvalue weighted by Gasteiger charge is -2.35. The molecular weight excluding hydrogens is 212 g/mol. The van der Waals surface area contributed by atoms with Crippen molar-refractivity contribution in [1.29, 1.82) is 0 Å². The second-order valence-corrected chi connectivity index (χ2v) is 4.62. The lowest BCUT2D eigenvalue weighted by atomic mass is 9.92. The maximum absolute atomic E-state index is 5.99. The molecule has 0 spiro atoms. The van der Waals surface area contributed by atoms with Gasteiger partial charge in [0.1, 0.15) is 0 Å². The van der Waals surface area contributed by atoms with Gasteiger partial charge in [-0.2, -0.15) is 0 Å². The maximum atomic E-state index is 5.99. The Morgan fingerprint density at radius 3 is 2.41 bits per heavy atom. The SMILES string of the molecule is CN(c1nc2ccccc2nc1N)C1CCC1. The highest BCUT2D eigenvalue weighted by Gasteiger charge is 2.24. The monoisotopic (exact) mass is 228 g/mol. The van der Waals surface area contributed by atoms with Crippen LogP contribution in [-0.4, -0.2) is 23.1 Å².